The van der Waals surface area contributed by atoms with Crippen LogP contribution in [0.25, 0.3) is 10.9 Å². The zero-order valence-corrected chi connectivity index (χ0v) is 12.5. The highest BCUT2D eigenvalue weighted by molar-refractivity contribution is 8.22. The number of thiocarbonyl (C=S) groups is 1. The number of nitrogens with zero attached hydrogens (tertiary/aromatic N) is 4. The molecule has 1 aromatic carbocycles. The molecule has 104 valence electrons. The molecule has 0 atom stereocenters. The molecule has 0 radical (unpaired) electrons. The second-order valence-electron chi connectivity index (χ2n) is 4.64. The third-order valence-corrected chi connectivity index (χ3v) is 4.79. The third kappa shape index (κ3) is 2.69. The monoisotopic (exact) mass is 306 g/mol. The summed E-state index contributed by atoms with van der Waals surface area (Å²) in [6, 6.07) is 7.23. The summed E-state index contributed by atoms with van der Waals surface area (Å²) in [5.74, 6) is 0.409. The van der Waals surface area contributed by atoms with Crippen LogP contribution in [0, 0.1) is 0 Å². The number of hydrogen-bond donors (Lipinski definition) is 0. The van der Waals surface area contributed by atoms with Gasteiger partial charge in [-0.3, -0.25) is 4.79 Å². The Bertz CT molecular complexity index is 694. The summed E-state index contributed by atoms with van der Waals surface area (Å²) in [6.45, 7) is 2.04. The first-order valence-corrected chi connectivity index (χ1v) is 7.89. The van der Waals surface area contributed by atoms with Crippen molar-refractivity contribution >= 4 is 39.2 Å². The molecular formula is C13H14N4OS2. The quantitative estimate of drug-likeness (QED) is 0.790. The third-order valence-electron chi connectivity index (χ3n) is 3.30. The zero-order valence-electron chi connectivity index (χ0n) is 10.9. The molecule has 2 heterocycles. The van der Waals surface area contributed by atoms with Crippen LogP contribution >= 0.6 is 24.0 Å². The van der Waals surface area contributed by atoms with Crippen LogP contribution in [0.15, 0.2) is 29.1 Å². The van der Waals surface area contributed by atoms with Gasteiger partial charge in [-0.05, 0) is 25.0 Å². The second kappa shape index (κ2) is 5.88. The molecule has 0 saturated carbocycles. The molecule has 0 N–H and O–H groups in total. The molecule has 2 aromatic rings. The van der Waals surface area contributed by atoms with Gasteiger partial charge in [0.1, 0.15) is 9.84 Å². The van der Waals surface area contributed by atoms with Crippen molar-refractivity contribution in [1.82, 2.24) is 19.9 Å². The van der Waals surface area contributed by atoms with Crippen molar-refractivity contribution in [2.24, 2.45) is 0 Å². The molecule has 7 heteroatoms. The summed E-state index contributed by atoms with van der Waals surface area (Å²) in [6.07, 6.45) is 2.38. The van der Waals surface area contributed by atoms with Crippen molar-refractivity contribution in [3.8, 4) is 0 Å². The Morgan fingerprint density at radius 2 is 2.05 bits per heavy atom. The Kier molecular flexibility index (Phi) is 3.98. The fourth-order valence-electron chi connectivity index (χ4n) is 2.22. The van der Waals surface area contributed by atoms with E-state index in [0.29, 0.717) is 16.8 Å². The van der Waals surface area contributed by atoms with Crippen molar-refractivity contribution < 1.29 is 0 Å². The van der Waals surface area contributed by atoms with E-state index in [-0.39, 0.29) is 5.56 Å². The summed E-state index contributed by atoms with van der Waals surface area (Å²) >= 11 is 6.84. The first-order chi connectivity index (χ1) is 9.75. The van der Waals surface area contributed by atoms with Gasteiger partial charge in [0.2, 0.25) is 0 Å². The first-order valence-electron chi connectivity index (χ1n) is 6.50. The van der Waals surface area contributed by atoms with Gasteiger partial charge in [0.25, 0.3) is 5.56 Å². The average Bonchev–Trinajstić information content (AvgIpc) is 3.01. The van der Waals surface area contributed by atoms with Crippen LogP contribution in [0.4, 0.5) is 0 Å². The van der Waals surface area contributed by atoms with Gasteiger partial charge in [0, 0.05) is 13.1 Å². The number of benzene rings is 1. The summed E-state index contributed by atoms with van der Waals surface area (Å²) in [4.78, 5) is 14.4. The number of rotatable bonds is 2. The van der Waals surface area contributed by atoms with Crippen LogP contribution in [0.1, 0.15) is 12.8 Å². The first kappa shape index (κ1) is 13.5. The maximum Gasteiger partial charge on any atom is 0.278 e. The molecule has 0 unspecified atom stereocenters. The Hall–Kier alpha value is -1.47. The van der Waals surface area contributed by atoms with E-state index in [1.54, 1.807) is 12.1 Å². The topological polar surface area (TPSA) is 51.0 Å². The Morgan fingerprint density at radius 3 is 2.85 bits per heavy atom. The lowest BCUT2D eigenvalue weighted by Crippen LogP contribution is -2.27. The van der Waals surface area contributed by atoms with Gasteiger partial charge in [-0.2, -0.15) is 4.68 Å². The summed E-state index contributed by atoms with van der Waals surface area (Å²) in [7, 11) is 0. The van der Waals surface area contributed by atoms with Gasteiger partial charge < -0.3 is 4.90 Å². The minimum Gasteiger partial charge on any atom is -0.357 e. The van der Waals surface area contributed by atoms with Gasteiger partial charge >= 0.3 is 0 Å². The zero-order chi connectivity index (χ0) is 13.9. The molecule has 20 heavy (non-hydrogen) atoms. The van der Waals surface area contributed by atoms with Crippen molar-refractivity contribution in [3.05, 3.63) is 34.6 Å². The van der Waals surface area contributed by atoms with Crippen LogP contribution < -0.4 is 5.56 Å². The van der Waals surface area contributed by atoms with Crippen LogP contribution in [-0.2, 0) is 5.88 Å². The van der Waals surface area contributed by atoms with E-state index in [1.165, 1.54) is 29.3 Å². The smallest absolute Gasteiger partial charge is 0.278 e. The average molecular weight is 306 g/mol. The van der Waals surface area contributed by atoms with E-state index < -0.39 is 0 Å². The predicted molar refractivity (Wildman–Crippen MR) is 84.8 cm³/mol. The fraction of sp³-hybridized carbons (Fsp3) is 0.385. The van der Waals surface area contributed by atoms with E-state index in [4.69, 9.17) is 12.2 Å². The molecule has 0 bridgehead atoms. The minimum absolute atomic E-state index is 0.118. The molecule has 5 nitrogen and oxygen atoms in total. The molecule has 1 aromatic heterocycles. The van der Waals surface area contributed by atoms with E-state index in [1.807, 2.05) is 12.1 Å². The number of thioether (sulfide) groups is 1. The maximum atomic E-state index is 12.3. The number of hydrogen-bond acceptors (Lipinski definition) is 5. The molecule has 1 aliphatic heterocycles. The molecule has 0 amide bonds. The number of aromatic nitrogens is 3. The molecule has 0 aliphatic carbocycles. The molecule has 0 spiro atoms. The normalized spacial score (nSPS) is 14.9. The van der Waals surface area contributed by atoms with Crippen LogP contribution in [0.2, 0.25) is 0 Å². The number of likely N-dealkylation sites (tertiary alicyclic amines) is 1. The highest BCUT2D eigenvalue weighted by Crippen LogP contribution is 2.17. The Labute approximate surface area is 126 Å². The SMILES string of the molecule is O=c1c2ccccc2nnn1CSC(=S)N1CCCC1. The summed E-state index contributed by atoms with van der Waals surface area (Å²) in [5.41, 5.74) is 0.508. The predicted octanol–water partition coefficient (Wildman–Crippen LogP) is 1.86. The summed E-state index contributed by atoms with van der Waals surface area (Å²) in [5, 5.41) is 8.61. The molecule has 1 saturated heterocycles. The van der Waals surface area contributed by atoms with E-state index in [2.05, 4.69) is 15.2 Å². The van der Waals surface area contributed by atoms with Gasteiger partial charge in [-0.1, -0.05) is 41.3 Å². The largest absolute Gasteiger partial charge is 0.357 e. The highest BCUT2D eigenvalue weighted by Gasteiger charge is 2.15. The van der Waals surface area contributed by atoms with Crippen molar-refractivity contribution in [3.63, 3.8) is 0 Å². The standard InChI is InChI=1S/C13H14N4OS2/c18-12-10-5-1-2-6-11(10)14-15-17(12)9-20-13(19)16-7-3-4-8-16/h1-2,5-6H,3-4,7-9H2. The molecule has 3 rings (SSSR count). The lowest BCUT2D eigenvalue weighted by molar-refractivity contribution is 0.538. The van der Waals surface area contributed by atoms with Crippen LogP contribution in [0.5, 0.6) is 0 Å². The van der Waals surface area contributed by atoms with E-state index in [0.717, 1.165) is 17.4 Å². The van der Waals surface area contributed by atoms with Crippen LogP contribution in [-0.4, -0.2) is 37.3 Å². The Balaban J connectivity index is 1.76. The maximum absolute atomic E-state index is 12.3. The van der Waals surface area contributed by atoms with E-state index in [9.17, 15) is 4.79 Å². The highest BCUT2D eigenvalue weighted by atomic mass is 32.2. The van der Waals surface area contributed by atoms with Gasteiger partial charge in [-0.15, -0.1) is 5.10 Å². The molecular weight excluding hydrogens is 292 g/mol. The van der Waals surface area contributed by atoms with Gasteiger partial charge in [-0.25, -0.2) is 0 Å². The lowest BCUT2D eigenvalue weighted by Gasteiger charge is -2.17. The second-order valence-corrected chi connectivity index (χ2v) is 6.22. The van der Waals surface area contributed by atoms with Gasteiger partial charge in [0.05, 0.1) is 11.3 Å². The lowest BCUT2D eigenvalue weighted by atomic mass is 10.2. The molecule has 1 aliphatic rings. The van der Waals surface area contributed by atoms with Gasteiger partial charge in [0.15, 0.2) is 0 Å². The molecule has 1 fully saturated rings. The van der Waals surface area contributed by atoms with E-state index >= 15 is 0 Å². The van der Waals surface area contributed by atoms with Crippen LogP contribution in [0.3, 0.4) is 0 Å². The fourth-order valence-corrected chi connectivity index (χ4v) is 3.32. The minimum atomic E-state index is -0.118. The van der Waals surface area contributed by atoms with Crippen molar-refractivity contribution in [2.45, 2.75) is 18.7 Å². The number of fused-ring (bicyclic) bond motifs is 1. The Morgan fingerprint density at radius 1 is 1.30 bits per heavy atom. The van der Waals surface area contributed by atoms with Crippen molar-refractivity contribution in [1.29, 1.82) is 0 Å². The van der Waals surface area contributed by atoms with Crippen molar-refractivity contribution in [2.75, 3.05) is 13.1 Å². The summed E-state index contributed by atoms with van der Waals surface area (Å²) < 4.78 is 2.21.